The van der Waals surface area contributed by atoms with Gasteiger partial charge in [-0.3, -0.25) is 15.3 Å². The Morgan fingerprint density at radius 3 is 2.77 bits per heavy atom. The van der Waals surface area contributed by atoms with Gasteiger partial charge in [0.15, 0.2) is 6.61 Å². The molecule has 3 aromatic rings. The van der Waals surface area contributed by atoms with Crippen LogP contribution in [0.1, 0.15) is 35.5 Å². The van der Waals surface area contributed by atoms with Gasteiger partial charge in [-0.1, -0.05) is 0 Å². The first kappa shape index (κ1) is 22.1. The van der Waals surface area contributed by atoms with Crippen LogP contribution in [0.15, 0.2) is 30.7 Å². The summed E-state index contributed by atoms with van der Waals surface area (Å²) in [6.45, 7) is 4.28. The molecule has 0 aliphatic rings. The number of aryl methyl sites for hydroxylation is 1. The topological polar surface area (TPSA) is 92.4 Å². The smallest absolute Gasteiger partial charge is 0.278 e. The van der Waals surface area contributed by atoms with Crippen molar-refractivity contribution < 1.29 is 23.7 Å². The van der Waals surface area contributed by atoms with Crippen LogP contribution in [0.25, 0.3) is 11.0 Å². The highest BCUT2D eigenvalue weighted by Gasteiger charge is 2.23. The van der Waals surface area contributed by atoms with Crippen LogP contribution in [0.3, 0.4) is 0 Å². The van der Waals surface area contributed by atoms with Gasteiger partial charge < -0.3 is 19.5 Å². The Morgan fingerprint density at radius 1 is 1.30 bits per heavy atom. The zero-order valence-electron chi connectivity index (χ0n) is 17.2. The summed E-state index contributed by atoms with van der Waals surface area (Å²) in [6.07, 6.45) is 4.03. The molecule has 162 valence electrons. The number of hydrogen-bond donors (Lipinski definition) is 3. The Bertz CT molecular complexity index is 1020. The molecular weight excluding hydrogens is 394 g/mol. The van der Waals surface area contributed by atoms with Crippen molar-refractivity contribution in [3.8, 4) is 5.75 Å². The molecule has 30 heavy (non-hydrogen) atoms. The van der Waals surface area contributed by atoms with Crippen LogP contribution in [0.4, 0.5) is 8.78 Å². The number of ether oxygens (including phenoxy) is 1. The second-order valence-electron chi connectivity index (χ2n) is 7.41. The molecule has 0 aliphatic heterocycles. The van der Waals surface area contributed by atoms with Crippen molar-refractivity contribution in [2.24, 2.45) is 0 Å². The molecule has 0 radical (unpaired) electrons. The zero-order valence-corrected chi connectivity index (χ0v) is 17.2. The summed E-state index contributed by atoms with van der Waals surface area (Å²) < 4.78 is 33.5. The van der Waals surface area contributed by atoms with E-state index in [1.807, 2.05) is 17.6 Å². The molecule has 0 saturated carbocycles. The first-order chi connectivity index (χ1) is 14.2. The van der Waals surface area contributed by atoms with E-state index in [9.17, 15) is 13.9 Å². The highest BCUT2D eigenvalue weighted by atomic mass is 19.3. The van der Waals surface area contributed by atoms with E-state index in [4.69, 9.17) is 9.84 Å². The normalized spacial score (nSPS) is 13.0. The van der Waals surface area contributed by atoms with E-state index in [1.54, 1.807) is 25.4 Å². The van der Waals surface area contributed by atoms with Gasteiger partial charge in [0.25, 0.3) is 5.92 Å². The minimum absolute atomic E-state index is 0.102. The molecule has 0 bridgehead atoms. The van der Waals surface area contributed by atoms with Gasteiger partial charge in [-0.05, 0) is 31.5 Å². The highest BCUT2D eigenvalue weighted by molar-refractivity contribution is 5.80. The maximum absolute atomic E-state index is 13.2. The number of halogens is 2. The third-order valence-corrected chi connectivity index (χ3v) is 4.69. The predicted octanol–water partition coefficient (Wildman–Crippen LogP) is 2.70. The lowest BCUT2D eigenvalue weighted by Gasteiger charge is -2.15. The molecule has 1 unspecified atom stereocenters. The van der Waals surface area contributed by atoms with Crippen LogP contribution >= 0.6 is 0 Å². The van der Waals surface area contributed by atoms with Crippen molar-refractivity contribution in [3.63, 3.8) is 0 Å². The summed E-state index contributed by atoms with van der Waals surface area (Å²) in [5, 5.41) is 22.3. The maximum Gasteiger partial charge on any atom is 0.278 e. The fourth-order valence-corrected chi connectivity index (χ4v) is 3.18. The number of aliphatic hydroxyl groups excluding tert-OH is 2. The summed E-state index contributed by atoms with van der Waals surface area (Å²) in [4.78, 5) is 8.85. The van der Waals surface area contributed by atoms with Crippen molar-refractivity contribution >= 4 is 11.0 Å². The van der Waals surface area contributed by atoms with Gasteiger partial charge in [-0.15, -0.1) is 0 Å². The second-order valence-corrected chi connectivity index (χ2v) is 7.41. The van der Waals surface area contributed by atoms with Gasteiger partial charge in [0, 0.05) is 43.2 Å². The standard InChI is InChI=1S/C21H26F2N4O3/c1-13-8-17-19(26-9-13)15(20(29)25-6-7-28)10-27(17)11-16-14(2)18(4-5-24-16)30-12-21(3,22)23/h4-5,8-10,20,25,28-29H,6-7,11-12H2,1-3H3. The Morgan fingerprint density at radius 2 is 2.07 bits per heavy atom. The van der Waals surface area contributed by atoms with E-state index in [0.29, 0.717) is 34.6 Å². The van der Waals surface area contributed by atoms with Crippen LogP contribution in [-0.2, 0) is 6.54 Å². The largest absolute Gasteiger partial charge is 0.487 e. The number of aromatic nitrogens is 3. The zero-order chi connectivity index (χ0) is 21.9. The fraction of sp³-hybridized carbons (Fsp3) is 0.429. The number of hydrogen-bond acceptors (Lipinski definition) is 6. The average Bonchev–Trinajstić information content (AvgIpc) is 3.03. The Labute approximate surface area is 173 Å². The first-order valence-electron chi connectivity index (χ1n) is 9.62. The molecule has 0 amide bonds. The van der Waals surface area contributed by atoms with E-state index in [2.05, 4.69) is 15.3 Å². The molecule has 3 N–H and O–H groups in total. The number of aliphatic hydroxyl groups is 2. The Hall–Kier alpha value is -2.62. The van der Waals surface area contributed by atoms with Crippen molar-refractivity contribution in [1.82, 2.24) is 19.9 Å². The molecule has 3 aromatic heterocycles. The van der Waals surface area contributed by atoms with Gasteiger partial charge in [0.2, 0.25) is 0 Å². The average molecular weight is 420 g/mol. The second kappa shape index (κ2) is 9.03. The van der Waals surface area contributed by atoms with Crippen molar-refractivity contribution in [1.29, 1.82) is 0 Å². The van der Waals surface area contributed by atoms with Crippen LogP contribution in [0, 0.1) is 13.8 Å². The van der Waals surface area contributed by atoms with Crippen molar-refractivity contribution in [2.75, 3.05) is 19.8 Å². The molecule has 0 aliphatic carbocycles. The maximum atomic E-state index is 13.2. The van der Waals surface area contributed by atoms with Gasteiger partial charge in [0.1, 0.15) is 12.0 Å². The molecule has 7 nitrogen and oxygen atoms in total. The third-order valence-electron chi connectivity index (χ3n) is 4.69. The lowest BCUT2D eigenvalue weighted by molar-refractivity contribution is -0.0231. The quantitative estimate of drug-likeness (QED) is 0.461. The molecule has 9 heteroatoms. The monoisotopic (exact) mass is 420 g/mol. The third kappa shape index (κ3) is 5.10. The molecular formula is C21H26F2N4O3. The molecule has 0 aromatic carbocycles. The summed E-state index contributed by atoms with van der Waals surface area (Å²) in [7, 11) is 0. The van der Waals surface area contributed by atoms with Crippen LogP contribution < -0.4 is 10.1 Å². The predicted molar refractivity (Wildman–Crippen MR) is 109 cm³/mol. The van der Waals surface area contributed by atoms with E-state index in [1.165, 1.54) is 6.20 Å². The number of rotatable bonds is 9. The molecule has 1 atom stereocenters. The number of pyridine rings is 2. The van der Waals surface area contributed by atoms with Gasteiger partial charge in [0.05, 0.1) is 29.9 Å². The van der Waals surface area contributed by atoms with E-state index in [-0.39, 0.29) is 13.2 Å². The first-order valence-corrected chi connectivity index (χ1v) is 9.62. The van der Waals surface area contributed by atoms with Crippen molar-refractivity contribution in [3.05, 3.63) is 53.1 Å². The fourth-order valence-electron chi connectivity index (χ4n) is 3.18. The number of nitrogens with one attached hydrogen (secondary N) is 1. The molecule has 0 spiro atoms. The molecule has 3 heterocycles. The number of fused-ring (bicyclic) bond motifs is 1. The summed E-state index contributed by atoms with van der Waals surface area (Å²) in [6, 6.07) is 3.52. The lowest BCUT2D eigenvalue weighted by atomic mass is 10.2. The Kier molecular flexibility index (Phi) is 6.64. The van der Waals surface area contributed by atoms with Crippen LogP contribution in [0.5, 0.6) is 5.75 Å². The van der Waals surface area contributed by atoms with E-state index < -0.39 is 18.8 Å². The number of alkyl halides is 2. The minimum atomic E-state index is -2.93. The SMILES string of the molecule is Cc1cnc2c(C(O)NCCO)cn(Cc3nccc(OCC(C)(F)F)c3C)c2c1. The van der Waals surface area contributed by atoms with Crippen molar-refractivity contribution in [2.45, 2.75) is 39.5 Å². The molecule has 3 rings (SSSR count). The summed E-state index contributed by atoms with van der Waals surface area (Å²) in [5.41, 5.74) is 4.31. The summed E-state index contributed by atoms with van der Waals surface area (Å²) in [5.74, 6) is -2.57. The highest BCUT2D eigenvalue weighted by Crippen LogP contribution is 2.27. The van der Waals surface area contributed by atoms with Crippen LogP contribution in [-0.4, -0.2) is 50.4 Å². The van der Waals surface area contributed by atoms with Gasteiger partial charge >= 0.3 is 0 Å². The number of nitrogens with zero attached hydrogens (tertiary/aromatic N) is 3. The lowest BCUT2D eigenvalue weighted by Crippen LogP contribution is -2.24. The van der Waals surface area contributed by atoms with Crippen LogP contribution in [0.2, 0.25) is 0 Å². The Balaban J connectivity index is 1.95. The summed E-state index contributed by atoms with van der Waals surface area (Å²) >= 11 is 0. The van der Waals surface area contributed by atoms with Gasteiger partial charge in [-0.25, -0.2) is 8.78 Å². The van der Waals surface area contributed by atoms with E-state index >= 15 is 0 Å². The van der Waals surface area contributed by atoms with E-state index in [0.717, 1.165) is 18.0 Å². The molecule has 0 saturated heterocycles. The molecule has 0 fully saturated rings. The minimum Gasteiger partial charge on any atom is -0.487 e. The van der Waals surface area contributed by atoms with Gasteiger partial charge in [-0.2, -0.15) is 0 Å².